The van der Waals surface area contributed by atoms with Gasteiger partial charge >= 0.3 is 0 Å². The van der Waals surface area contributed by atoms with Crippen LogP contribution in [0.2, 0.25) is 0 Å². The van der Waals surface area contributed by atoms with Crippen LogP contribution in [0.5, 0.6) is 5.75 Å². The summed E-state index contributed by atoms with van der Waals surface area (Å²) in [5.41, 5.74) is 1.27. The van der Waals surface area contributed by atoms with E-state index in [9.17, 15) is 10.1 Å². The van der Waals surface area contributed by atoms with Gasteiger partial charge in [0.15, 0.2) is 0 Å². The first-order valence-electron chi connectivity index (χ1n) is 8.91. The van der Waals surface area contributed by atoms with E-state index in [1.165, 1.54) is 31.0 Å². The van der Waals surface area contributed by atoms with Gasteiger partial charge in [-0.05, 0) is 43.0 Å². The van der Waals surface area contributed by atoms with E-state index in [1.807, 2.05) is 18.2 Å². The number of hydrogen-bond acceptors (Lipinski definition) is 5. The normalized spacial score (nSPS) is 19.7. The molecule has 1 aromatic carbocycles. The highest BCUT2D eigenvalue weighted by Gasteiger charge is 2.23. The van der Waals surface area contributed by atoms with Gasteiger partial charge in [-0.25, -0.2) is 4.98 Å². The van der Waals surface area contributed by atoms with E-state index in [1.54, 1.807) is 13.2 Å². The lowest BCUT2D eigenvalue weighted by atomic mass is 9.86. The molecule has 0 bridgehead atoms. The van der Waals surface area contributed by atoms with Gasteiger partial charge in [-0.3, -0.25) is 4.79 Å². The predicted octanol–water partition coefficient (Wildman–Crippen LogP) is 3.90. The Morgan fingerprint density at radius 2 is 2.19 bits per heavy atom. The number of nitrogens with one attached hydrogen (secondary N) is 1. The number of nitrogens with zero attached hydrogens (tertiary/aromatic N) is 2. The Morgan fingerprint density at radius 1 is 1.38 bits per heavy atom. The molecule has 1 fully saturated rings. The molecule has 2 atom stereocenters. The van der Waals surface area contributed by atoms with Gasteiger partial charge in [0.25, 0.3) is 0 Å². The molecule has 1 aliphatic carbocycles. The molecule has 1 aliphatic rings. The molecule has 2 aromatic rings. The van der Waals surface area contributed by atoms with Crippen molar-refractivity contribution in [1.29, 1.82) is 5.26 Å². The fourth-order valence-electron chi connectivity index (χ4n) is 3.37. The van der Waals surface area contributed by atoms with Crippen molar-refractivity contribution in [1.82, 2.24) is 10.3 Å². The van der Waals surface area contributed by atoms with Crippen molar-refractivity contribution in [3.63, 3.8) is 0 Å². The van der Waals surface area contributed by atoms with Gasteiger partial charge in [0.1, 0.15) is 16.8 Å². The zero-order valence-electron chi connectivity index (χ0n) is 15.1. The van der Waals surface area contributed by atoms with Gasteiger partial charge in [0.2, 0.25) is 5.91 Å². The Balaban J connectivity index is 1.69. The summed E-state index contributed by atoms with van der Waals surface area (Å²) in [6.07, 6.45) is 4.65. The number of amides is 1. The van der Waals surface area contributed by atoms with Crippen LogP contribution in [0.4, 0.5) is 0 Å². The zero-order valence-corrected chi connectivity index (χ0v) is 15.9. The van der Waals surface area contributed by atoms with Crippen molar-refractivity contribution >= 4 is 28.6 Å². The number of benzene rings is 1. The number of thioether (sulfide) groups is 1. The summed E-state index contributed by atoms with van der Waals surface area (Å²) < 4.78 is 5.22. The van der Waals surface area contributed by atoms with Crippen LogP contribution in [-0.4, -0.2) is 29.8 Å². The first-order valence-corrected chi connectivity index (χ1v) is 9.90. The second-order valence-electron chi connectivity index (χ2n) is 6.74. The number of hydrogen-bond donors (Lipinski definition) is 1. The maximum Gasteiger partial charge on any atom is 0.230 e. The summed E-state index contributed by atoms with van der Waals surface area (Å²) in [5, 5.41) is 14.0. The van der Waals surface area contributed by atoms with Gasteiger partial charge in [-0.2, -0.15) is 5.26 Å². The summed E-state index contributed by atoms with van der Waals surface area (Å²) in [4.78, 5) is 16.9. The number of ether oxygens (including phenoxy) is 1. The molecule has 1 heterocycles. The number of rotatable bonds is 5. The molecule has 0 unspecified atom stereocenters. The molecule has 6 heteroatoms. The molecule has 5 nitrogen and oxygen atoms in total. The molecule has 26 heavy (non-hydrogen) atoms. The van der Waals surface area contributed by atoms with E-state index in [0.717, 1.165) is 23.1 Å². The molecule has 136 valence electrons. The second-order valence-corrected chi connectivity index (χ2v) is 7.70. The number of methoxy groups -OCH3 is 1. The lowest BCUT2D eigenvalue weighted by Crippen LogP contribution is -2.41. The highest BCUT2D eigenvalue weighted by Crippen LogP contribution is 2.27. The minimum Gasteiger partial charge on any atom is -0.497 e. The van der Waals surface area contributed by atoms with Gasteiger partial charge in [0.05, 0.1) is 23.9 Å². The number of carbonyl (C=O) groups is 1. The van der Waals surface area contributed by atoms with Crippen molar-refractivity contribution in [2.45, 2.75) is 43.7 Å². The molecular weight excluding hydrogens is 346 g/mol. The Hall–Kier alpha value is -2.26. The topological polar surface area (TPSA) is 75.0 Å². The lowest BCUT2D eigenvalue weighted by molar-refractivity contribution is -0.119. The molecule has 1 amide bonds. The van der Waals surface area contributed by atoms with Gasteiger partial charge in [-0.15, -0.1) is 0 Å². The molecule has 0 spiro atoms. The molecule has 1 aromatic heterocycles. The monoisotopic (exact) mass is 369 g/mol. The highest BCUT2D eigenvalue weighted by molar-refractivity contribution is 8.00. The van der Waals surface area contributed by atoms with Crippen LogP contribution in [0.25, 0.3) is 10.9 Å². The molecular formula is C20H23N3O2S. The van der Waals surface area contributed by atoms with Crippen molar-refractivity contribution in [3.8, 4) is 11.8 Å². The van der Waals surface area contributed by atoms with E-state index in [0.29, 0.717) is 16.5 Å². The van der Waals surface area contributed by atoms with Gasteiger partial charge < -0.3 is 10.1 Å². The number of pyridine rings is 1. The van der Waals surface area contributed by atoms with E-state index < -0.39 is 0 Å². The maximum atomic E-state index is 12.3. The SMILES string of the molecule is COc1ccc2nc(SCC(=O)N[C@H]3CCCC[C@H]3C)c(C#N)cc2c1. The fourth-order valence-corrected chi connectivity index (χ4v) is 4.14. The maximum absolute atomic E-state index is 12.3. The van der Waals surface area contributed by atoms with E-state index in [-0.39, 0.29) is 17.7 Å². The summed E-state index contributed by atoms with van der Waals surface area (Å²) in [7, 11) is 1.61. The highest BCUT2D eigenvalue weighted by atomic mass is 32.2. The Bertz CT molecular complexity index is 847. The third-order valence-corrected chi connectivity index (χ3v) is 5.90. The number of fused-ring (bicyclic) bond motifs is 1. The zero-order chi connectivity index (χ0) is 18.5. The first kappa shape index (κ1) is 18.5. The average Bonchev–Trinajstić information content (AvgIpc) is 2.67. The van der Waals surface area contributed by atoms with Crippen LogP contribution < -0.4 is 10.1 Å². The predicted molar refractivity (Wildman–Crippen MR) is 103 cm³/mol. The Morgan fingerprint density at radius 3 is 2.92 bits per heavy atom. The molecule has 1 N–H and O–H groups in total. The number of carbonyl (C=O) groups excluding carboxylic acids is 1. The van der Waals surface area contributed by atoms with E-state index in [2.05, 4.69) is 23.3 Å². The largest absolute Gasteiger partial charge is 0.497 e. The average molecular weight is 369 g/mol. The van der Waals surface area contributed by atoms with E-state index in [4.69, 9.17) is 4.74 Å². The Kier molecular flexibility index (Phi) is 6.00. The molecule has 1 saturated carbocycles. The standard InChI is InChI=1S/C20H23N3O2S/c1-13-5-3-4-6-17(13)22-19(24)12-26-20-15(11-21)9-14-10-16(25-2)7-8-18(14)23-20/h7-10,13,17H,3-6,12H2,1-2H3,(H,22,24)/t13-,17+/m1/s1. The summed E-state index contributed by atoms with van der Waals surface area (Å²) in [5.74, 6) is 1.53. The summed E-state index contributed by atoms with van der Waals surface area (Å²) >= 11 is 1.32. The summed E-state index contributed by atoms with van der Waals surface area (Å²) in [6.45, 7) is 2.20. The van der Waals surface area contributed by atoms with Crippen molar-refractivity contribution in [2.24, 2.45) is 5.92 Å². The molecule has 0 aliphatic heterocycles. The minimum atomic E-state index is 0.00858. The van der Waals surface area contributed by atoms with Crippen LogP contribution in [-0.2, 0) is 4.79 Å². The molecule has 3 rings (SSSR count). The second kappa shape index (κ2) is 8.41. The lowest BCUT2D eigenvalue weighted by Gasteiger charge is -2.29. The van der Waals surface area contributed by atoms with Gasteiger partial charge in [0, 0.05) is 11.4 Å². The van der Waals surface area contributed by atoms with Crippen molar-refractivity contribution < 1.29 is 9.53 Å². The van der Waals surface area contributed by atoms with Crippen molar-refractivity contribution in [3.05, 3.63) is 29.8 Å². The van der Waals surface area contributed by atoms with Crippen LogP contribution in [0.15, 0.2) is 29.3 Å². The summed E-state index contributed by atoms with van der Waals surface area (Å²) in [6, 6.07) is 9.81. The van der Waals surface area contributed by atoms with Crippen molar-refractivity contribution in [2.75, 3.05) is 12.9 Å². The third-order valence-electron chi connectivity index (χ3n) is 4.91. The quantitative estimate of drug-likeness (QED) is 0.809. The van der Waals surface area contributed by atoms with Crippen LogP contribution in [0.3, 0.4) is 0 Å². The van der Waals surface area contributed by atoms with Crippen LogP contribution in [0, 0.1) is 17.2 Å². The fraction of sp³-hybridized carbons (Fsp3) is 0.450. The van der Waals surface area contributed by atoms with Crippen LogP contribution in [0.1, 0.15) is 38.2 Å². The Labute approximate surface area is 158 Å². The number of aromatic nitrogens is 1. The smallest absolute Gasteiger partial charge is 0.230 e. The minimum absolute atomic E-state index is 0.00858. The molecule has 0 saturated heterocycles. The first-order chi connectivity index (χ1) is 12.6. The molecule has 0 radical (unpaired) electrons. The number of nitriles is 1. The van der Waals surface area contributed by atoms with Gasteiger partial charge in [-0.1, -0.05) is 31.5 Å². The van der Waals surface area contributed by atoms with Crippen LogP contribution >= 0.6 is 11.8 Å². The van der Waals surface area contributed by atoms with E-state index >= 15 is 0 Å². The third kappa shape index (κ3) is 4.28.